The monoisotopic (exact) mass is 243 g/mol. The van der Waals surface area contributed by atoms with Crippen LogP contribution in [0.15, 0.2) is 28.7 Å². The maximum Gasteiger partial charge on any atom is 0.120 e. The molecule has 72 valence electrons. The second kappa shape index (κ2) is 6.00. The van der Waals surface area contributed by atoms with Crippen molar-refractivity contribution in [3.63, 3.8) is 0 Å². The van der Waals surface area contributed by atoms with E-state index in [1.54, 1.807) is 0 Å². The van der Waals surface area contributed by atoms with Crippen LogP contribution in [0.25, 0.3) is 0 Å². The summed E-state index contributed by atoms with van der Waals surface area (Å²) in [6, 6.07) is 7.85. The first kappa shape index (κ1) is 10.5. The highest BCUT2D eigenvalue weighted by Gasteiger charge is 1.93. The van der Waals surface area contributed by atoms with Gasteiger partial charge in [0, 0.05) is 4.47 Å². The van der Waals surface area contributed by atoms with Crippen molar-refractivity contribution in [3.05, 3.63) is 28.7 Å². The Bertz CT molecular complexity index is 252. The Morgan fingerprint density at radius 2 is 2.15 bits per heavy atom. The summed E-state index contributed by atoms with van der Waals surface area (Å²) in [4.78, 5) is 0. The lowest BCUT2D eigenvalue weighted by Crippen LogP contribution is -2.03. The molecule has 0 unspecified atom stereocenters. The summed E-state index contributed by atoms with van der Waals surface area (Å²) >= 11 is 3.38. The zero-order valence-electron chi connectivity index (χ0n) is 7.50. The van der Waals surface area contributed by atoms with Crippen LogP contribution in [0.5, 0.6) is 5.75 Å². The number of hydrogen-bond donors (Lipinski definition) is 1. The molecular formula is C10H14BrNO. The normalized spacial score (nSPS) is 10.0. The predicted molar refractivity (Wildman–Crippen MR) is 57.9 cm³/mol. The predicted octanol–water partition coefficient (Wildman–Crippen LogP) is 2.57. The van der Waals surface area contributed by atoms with Gasteiger partial charge in [-0.2, -0.15) is 0 Å². The number of hydrogen-bond acceptors (Lipinski definition) is 2. The van der Waals surface area contributed by atoms with Gasteiger partial charge in [-0.05, 0) is 37.6 Å². The third-order valence-electron chi connectivity index (χ3n) is 1.66. The third kappa shape index (κ3) is 4.29. The van der Waals surface area contributed by atoms with E-state index in [1.165, 1.54) is 0 Å². The Morgan fingerprint density at radius 1 is 1.31 bits per heavy atom. The number of ether oxygens (including phenoxy) is 1. The smallest absolute Gasteiger partial charge is 0.120 e. The molecule has 2 nitrogen and oxygen atoms in total. The Labute approximate surface area is 87.2 Å². The van der Waals surface area contributed by atoms with Crippen molar-refractivity contribution in [2.75, 3.05) is 13.2 Å². The Morgan fingerprint density at radius 3 is 2.85 bits per heavy atom. The average molecular weight is 244 g/mol. The molecule has 0 aliphatic rings. The molecular weight excluding hydrogens is 230 g/mol. The van der Waals surface area contributed by atoms with Crippen molar-refractivity contribution in [2.45, 2.75) is 12.8 Å². The van der Waals surface area contributed by atoms with Crippen LogP contribution in [-0.4, -0.2) is 13.2 Å². The lowest BCUT2D eigenvalue weighted by molar-refractivity contribution is 0.307. The molecule has 0 radical (unpaired) electrons. The summed E-state index contributed by atoms with van der Waals surface area (Å²) in [5, 5.41) is 0. The molecule has 0 bridgehead atoms. The number of halogens is 1. The van der Waals surface area contributed by atoms with Gasteiger partial charge in [-0.25, -0.2) is 0 Å². The standard InChI is InChI=1S/C10H14BrNO/c11-9-4-3-5-10(8-9)13-7-2-1-6-12/h3-5,8H,1-2,6-7,12H2. The molecule has 1 aromatic carbocycles. The highest BCUT2D eigenvalue weighted by molar-refractivity contribution is 9.10. The largest absolute Gasteiger partial charge is 0.494 e. The summed E-state index contributed by atoms with van der Waals surface area (Å²) in [6.45, 7) is 1.48. The zero-order chi connectivity index (χ0) is 9.52. The molecule has 0 heterocycles. The van der Waals surface area contributed by atoms with Gasteiger partial charge in [0.25, 0.3) is 0 Å². The van der Waals surface area contributed by atoms with E-state index in [1.807, 2.05) is 24.3 Å². The summed E-state index contributed by atoms with van der Waals surface area (Å²) in [7, 11) is 0. The van der Waals surface area contributed by atoms with Crippen LogP contribution in [0, 0.1) is 0 Å². The molecule has 13 heavy (non-hydrogen) atoms. The van der Waals surface area contributed by atoms with Gasteiger partial charge in [-0.1, -0.05) is 22.0 Å². The minimum absolute atomic E-state index is 0.738. The van der Waals surface area contributed by atoms with Crippen molar-refractivity contribution in [3.8, 4) is 5.75 Å². The van der Waals surface area contributed by atoms with Crippen LogP contribution in [-0.2, 0) is 0 Å². The fourth-order valence-corrected chi connectivity index (χ4v) is 1.37. The number of unbranched alkanes of at least 4 members (excludes halogenated alkanes) is 1. The van der Waals surface area contributed by atoms with Crippen LogP contribution in [0.3, 0.4) is 0 Å². The minimum atomic E-state index is 0.738. The average Bonchev–Trinajstić information content (AvgIpc) is 2.13. The van der Waals surface area contributed by atoms with Gasteiger partial charge < -0.3 is 10.5 Å². The molecule has 0 amide bonds. The molecule has 0 aliphatic heterocycles. The molecule has 3 heteroatoms. The van der Waals surface area contributed by atoms with Crippen molar-refractivity contribution >= 4 is 15.9 Å². The van der Waals surface area contributed by atoms with E-state index >= 15 is 0 Å². The van der Waals surface area contributed by atoms with E-state index < -0.39 is 0 Å². The highest BCUT2D eigenvalue weighted by Crippen LogP contribution is 2.17. The van der Waals surface area contributed by atoms with Crippen molar-refractivity contribution in [2.24, 2.45) is 5.73 Å². The summed E-state index contributed by atoms with van der Waals surface area (Å²) in [5.41, 5.74) is 5.37. The summed E-state index contributed by atoms with van der Waals surface area (Å²) < 4.78 is 6.55. The van der Waals surface area contributed by atoms with Gasteiger partial charge in [0.15, 0.2) is 0 Å². The lowest BCUT2D eigenvalue weighted by Gasteiger charge is -2.05. The van der Waals surface area contributed by atoms with E-state index in [-0.39, 0.29) is 0 Å². The first-order chi connectivity index (χ1) is 6.33. The van der Waals surface area contributed by atoms with E-state index in [0.29, 0.717) is 0 Å². The Hall–Kier alpha value is -0.540. The van der Waals surface area contributed by atoms with Gasteiger partial charge in [-0.3, -0.25) is 0 Å². The molecule has 0 saturated carbocycles. The molecule has 1 aromatic rings. The first-order valence-corrected chi connectivity index (χ1v) is 5.20. The Balaban J connectivity index is 2.28. The Kier molecular flexibility index (Phi) is 4.86. The van der Waals surface area contributed by atoms with Crippen LogP contribution >= 0.6 is 15.9 Å². The van der Waals surface area contributed by atoms with E-state index in [2.05, 4.69) is 15.9 Å². The third-order valence-corrected chi connectivity index (χ3v) is 2.16. The first-order valence-electron chi connectivity index (χ1n) is 4.41. The summed E-state index contributed by atoms with van der Waals surface area (Å²) in [5.74, 6) is 0.909. The molecule has 0 spiro atoms. The fourth-order valence-electron chi connectivity index (χ4n) is 0.993. The maximum atomic E-state index is 5.50. The summed E-state index contributed by atoms with van der Waals surface area (Å²) in [6.07, 6.45) is 2.04. The van der Waals surface area contributed by atoms with Crippen LogP contribution in [0.4, 0.5) is 0 Å². The van der Waals surface area contributed by atoms with Gasteiger partial charge in [-0.15, -0.1) is 0 Å². The molecule has 2 N–H and O–H groups in total. The lowest BCUT2D eigenvalue weighted by atomic mass is 10.3. The fraction of sp³-hybridized carbons (Fsp3) is 0.400. The van der Waals surface area contributed by atoms with Crippen LogP contribution < -0.4 is 10.5 Å². The molecule has 0 saturated heterocycles. The number of benzene rings is 1. The molecule has 0 fully saturated rings. The van der Waals surface area contributed by atoms with Crippen molar-refractivity contribution in [1.29, 1.82) is 0 Å². The van der Waals surface area contributed by atoms with Crippen molar-refractivity contribution < 1.29 is 4.74 Å². The van der Waals surface area contributed by atoms with Gasteiger partial charge in [0.05, 0.1) is 6.61 Å². The molecule has 0 aromatic heterocycles. The molecule has 1 rings (SSSR count). The zero-order valence-corrected chi connectivity index (χ0v) is 9.09. The number of rotatable bonds is 5. The number of nitrogens with two attached hydrogens (primary N) is 1. The van der Waals surface area contributed by atoms with E-state index in [4.69, 9.17) is 10.5 Å². The van der Waals surface area contributed by atoms with Crippen molar-refractivity contribution in [1.82, 2.24) is 0 Å². The van der Waals surface area contributed by atoms with Gasteiger partial charge >= 0.3 is 0 Å². The molecule has 0 atom stereocenters. The minimum Gasteiger partial charge on any atom is -0.494 e. The quantitative estimate of drug-likeness (QED) is 0.808. The molecule has 0 aliphatic carbocycles. The van der Waals surface area contributed by atoms with Gasteiger partial charge in [0.1, 0.15) is 5.75 Å². The highest BCUT2D eigenvalue weighted by atomic mass is 79.9. The van der Waals surface area contributed by atoms with E-state index in [0.717, 1.165) is 36.2 Å². The SMILES string of the molecule is NCCCCOc1cccc(Br)c1. The topological polar surface area (TPSA) is 35.2 Å². The van der Waals surface area contributed by atoms with E-state index in [9.17, 15) is 0 Å². The second-order valence-electron chi connectivity index (χ2n) is 2.80. The van der Waals surface area contributed by atoms with Gasteiger partial charge in [0.2, 0.25) is 0 Å². The van der Waals surface area contributed by atoms with Crippen LogP contribution in [0.1, 0.15) is 12.8 Å². The van der Waals surface area contributed by atoms with Crippen LogP contribution in [0.2, 0.25) is 0 Å². The second-order valence-corrected chi connectivity index (χ2v) is 3.72. The maximum absolute atomic E-state index is 5.50.